The Bertz CT molecular complexity index is 680. The molecule has 0 fully saturated rings. The lowest BCUT2D eigenvalue weighted by molar-refractivity contribution is -0.151. The summed E-state index contributed by atoms with van der Waals surface area (Å²) < 4.78 is 10.4. The largest absolute Gasteiger partial charge is 0.458 e. The number of hydrogen-bond acceptors (Lipinski definition) is 4. The van der Waals surface area contributed by atoms with Crippen molar-refractivity contribution < 1.29 is 19.4 Å². The number of rotatable bonds is 22. The van der Waals surface area contributed by atoms with Crippen LogP contribution in [-0.2, 0) is 14.3 Å². The molecular formula is C31H48O4. The summed E-state index contributed by atoms with van der Waals surface area (Å²) in [7, 11) is 0. The minimum absolute atomic E-state index is 0.211. The maximum Gasteiger partial charge on any atom is 0.303 e. The second-order valence-corrected chi connectivity index (χ2v) is 8.11. The Labute approximate surface area is 214 Å². The molecule has 0 amide bonds. The van der Waals surface area contributed by atoms with Crippen LogP contribution in [0.5, 0.6) is 0 Å². The molecule has 0 aliphatic rings. The highest BCUT2D eigenvalue weighted by Crippen LogP contribution is 2.01. The van der Waals surface area contributed by atoms with Gasteiger partial charge in [-0.2, -0.15) is 0 Å². The number of allylic oxidation sites excluding steroid dienone is 14. The van der Waals surface area contributed by atoms with Gasteiger partial charge in [0.25, 0.3) is 0 Å². The van der Waals surface area contributed by atoms with Crippen LogP contribution in [0.3, 0.4) is 0 Å². The van der Waals surface area contributed by atoms with E-state index in [1.807, 2.05) is 0 Å². The fourth-order valence-electron chi connectivity index (χ4n) is 2.95. The van der Waals surface area contributed by atoms with Gasteiger partial charge in [-0.05, 0) is 64.2 Å². The fourth-order valence-corrected chi connectivity index (χ4v) is 2.95. The number of carbonyl (C=O) groups excluding carboxylic acids is 1. The SMILES string of the molecule is CC/C=C\C/C=C\C/C=C\C/C=C\C/C=C\C/C=C\C/C=C\CCCCOCC(CO)OC(C)=O. The Balaban J connectivity index is 3.55. The minimum atomic E-state index is -0.561. The summed E-state index contributed by atoms with van der Waals surface area (Å²) in [5, 5.41) is 9.08. The van der Waals surface area contributed by atoms with Crippen molar-refractivity contribution in [2.24, 2.45) is 0 Å². The maximum atomic E-state index is 10.8. The Kier molecular flexibility index (Phi) is 25.9. The van der Waals surface area contributed by atoms with Gasteiger partial charge in [0.1, 0.15) is 6.10 Å². The van der Waals surface area contributed by atoms with E-state index in [2.05, 4.69) is 92.0 Å². The third-order valence-electron chi connectivity index (χ3n) is 4.78. The topological polar surface area (TPSA) is 55.8 Å². The highest BCUT2D eigenvalue weighted by Gasteiger charge is 2.10. The predicted molar refractivity (Wildman–Crippen MR) is 149 cm³/mol. The van der Waals surface area contributed by atoms with Gasteiger partial charge in [0, 0.05) is 13.5 Å². The molecule has 0 aromatic heterocycles. The van der Waals surface area contributed by atoms with Crippen molar-refractivity contribution in [3.05, 3.63) is 85.1 Å². The standard InChI is InChI=1S/C31H48O4/c1-3-4-5-6-7-8-9-10-11-12-13-14-15-16-17-18-19-20-21-22-23-24-25-26-27-34-29-31(28-32)35-30(2)33/h4-5,7-8,10-11,13-14,16-17,19-20,22-23,31-32H,3,6,9,12,15,18,21,24-29H2,1-2H3/b5-4-,8-7-,11-10-,14-13-,17-16-,20-19-,23-22-. The quantitative estimate of drug-likeness (QED) is 0.0970. The molecule has 196 valence electrons. The molecule has 0 radical (unpaired) electrons. The normalized spacial score (nSPS) is 13.8. The van der Waals surface area contributed by atoms with Gasteiger partial charge in [0.2, 0.25) is 0 Å². The number of hydrogen-bond donors (Lipinski definition) is 1. The lowest BCUT2D eigenvalue weighted by Crippen LogP contribution is -2.26. The number of ether oxygens (including phenoxy) is 2. The van der Waals surface area contributed by atoms with Crippen molar-refractivity contribution in [2.75, 3.05) is 19.8 Å². The molecule has 4 nitrogen and oxygen atoms in total. The van der Waals surface area contributed by atoms with Crippen LogP contribution in [0.15, 0.2) is 85.1 Å². The molecule has 4 heteroatoms. The van der Waals surface area contributed by atoms with Crippen LogP contribution in [0.1, 0.15) is 78.1 Å². The summed E-state index contributed by atoms with van der Waals surface area (Å²) in [6.45, 7) is 4.13. The summed E-state index contributed by atoms with van der Waals surface area (Å²) in [6.07, 6.45) is 40.5. The van der Waals surface area contributed by atoms with Gasteiger partial charge in [0.05, 0.1) is 13.2 Å². The highest BCUT2D eigenvalue weighted by atomic mass is 16.6. The van der Waals surface area contributed by atoms with Gasteiger partial charge in [-0.1, -0.05) is 92.0 Å². The van der Waals surface area contributed by atoms with E-state index in [1.54, 1.807) is 0 Å². The molecule has 0 heterocycles. The van der Waals surface area contributed by atoms with E-state index in [0.717, 1.165) is 64.2 Å². The average molecular weight is 485 g/mol. The second kappa shape index (κ2) is 27.8. The van der Waals surface area contributed by atoms with Crippen molar-refractivity contribution in [1.29, 1.82) is 0 Å². The summed E-state index contributed by atoms with van der Waals surface area (Å²) >= 11 is 0. The molecule has 0 aromatic rings. The first-order valence-electron chi connectivity index (χ1n) is 13.1. The van der Waals surface area contributed by atoms with E-state index in [0.29, 0.717) is 6.61 Å². The van der Waals surface area contributed by atoms with Gasteiger partial charge in [-0.3, -0.25) is 4.79 Å². The molecule has 1 atom stereocenters. The van der Waals surface area contributed by atoms with E-state index < -0.39 is 12.1 Å². The number of esters is 1. The monoisotopic (exact) mass is 484 g/mol. The summed E-state index contributed by atoms with van der Waals surface area (Å²) in [5.41, 5.74) is 0. The summed E-state index contributed by atoms with van der Waals surface area (Å²) in [4.78, 5) is 10.8. The van der Waals surface area contributed by atoms with E-state index >= 15 is 0 Å². The molecular weight excluding hydrogens is 436 g/mol. The van der Waals surface area contributed by atoms with Crippen LogP contribution < -0.4 is 0 Å². The van der Waals surface area contributed by atoms with E-state index in [-0.39, 0.29) is 13.2 Å². The van der Waals surface area contributed by atoms with Crippen molar-refractivity contribution in [1.82, 2.24) is 0 Å². The third-order valence-corrected chi connectivity index (χ3v) is 4.78. The van der Waals surface area contributed by atoms with Crippen LogP contribution in [0, 0.1) is 0 Å². The maximum absolute atomic E-state index is 10.8. The molecule has 35 heavy (non-hydrogen) atoms. The number of aliphatic hydroxyl groups is 1. The van der Waals surface area contributed by atoms with Crippen LogP contribution >= 0.6 is 0 Å². The average Bonchev–Trinajstić information content (AvgIpc) is 2.85. The number of carbonyl (C=O) groups is 1. The molecule has 0 aromatic carbocycles. The number of aliphatic hydroxyl groups excluding tert-OH is 1. The Hall–Kier alpha value is -2.43. The molecule has 0 rings (SSSR count). The summed E-state index contributed by atoms with van der Waals surface area (Å²) in [6, 6.07) is 0. The first-order valence-corrected chi connectivity index (χ1v) is 13.1. The summed E-state index contributed by atoms with van der Waals surface area (Å²) in [5.74, 6) is -0.398. The first-order chi connectivity index (χ1) is 17.2. The second-order valence-electron chi connectivity index (χ2n) is 8.11. The van der Waals surface area contributed by atoms with Crippen molar-refractivity contribution in [2.45, 2.75) is 84.2 Å². The lowest BCUT2D eigenvalue weighted by Gasteiger charge is -2.14. The molecule has 0 saturated carbocycles. The van der Waals surface area contributed by atoms with Crippen molar-refractivity contribution in [3.8, 4) is 0 Å². The van der Waals surface area contributed by atoms with Crippen LogP contribution in [0.25, 0.3) is 0 Å². The van der Waals surface area contributed by atoms with Gasteiger partial charge >= 0.3 is 5.97 Å². The molecule has 0 aliphatic carbocycles. The predicted octanol–water partition coefficient (Wildman–Crippen LogP) is 7.74. The van der Waals surface area contributed by atoms with Gasteiger partial charge in [0.15, 0.2) is 0 Å². The fraction of sp³-hybridized carbons (Fsp3) is 0.516. The molecule has 1 N–H and O–H groups in total. The van der Waals surface area contributed by atoms with E-state index in [4.69, 9.17) is 14.6 Å². The highest BCUT2D eigenvalue weighted by molar-refractivity contribution is 5.66. The lowest BCUT2D eigenvalue weighted by atomic mass is 10.2. The Morgan fingerprint density at radius 1 is 0.686 bits per heavy atom. The molecule has 0 spiro atoms. The Morgan fingerprint density at radius 2 is 1.11 bits per heavy atom. The minimum Gasteiger partial charge on any atom is -0.458 e. The zero-order valence-corrected chi connectivity index (χ0v) is 22.0. The van der Waals surface area contributed by atoms with E-state index in [9.17, 15) is 4.79 Å². The molecule has 0 saturated heterocycles. The van der Waals surface area contributed by atoms with Crippen LogP contribution in [0.4, 0.5) is 0 Å². The zero-order valence-electron chi connectivity index (χ0n) is 22.0. The zero-order chi connectivity index (χ0) is 25.7. The van der Waals surface area contributed by atoms with Crippen LogP contribution in [0.2, 0.25) is 0 Å². The van der Waals surface area contributed by atoms with E-state index in [1.165, 1.54) is 6.92 Å². The van der Waals surface area contributed by atoms with Crippen molar-refractivity contribution in [3.63, 3.8) is 0 Å². The van der Waals surface area contributed by atoms with Crippen LogP contribution in [-0.4, -0.2) is 37.0 Å². The smallest absolute Gasteiger partial charge is 0.303 e. The Morgan fingerprint density at radius 3 is 1.51 bits per heavy atom. The number of unbranched alkanes of at least 4 members (excludes halogenated alkanes) is 2. The van der Waals surface area contributed by atoms with Gasteiger partial charge in [-0.15, -0.1) is 0 Å². The third kappa shape index (κ3) is 27.7. The molecule has 1 unspecified atom stereocenters. The van der Waals surface area contributed by atoms with Gasteiger partial charge < -0.3 is 14.6 Å². The van der Waals surface area contributed by atoms with Gasteiger partial charge in [-0.25, -0.2) is 0 Å². The first kappa shape index (κ1) is 32.6. The molecule has 0 bridgehead atoms. The van der Waals surface area contributed by atoms with Crippen molar-refractivity contribution >= 4 is 5.97 Å². The molecule has 0 aliphatic heterocycles.